The Morgan fingerprint density at radius 1 is 1.15 bits per heavy atom. The normalized spacial score (nSPS) is 17.0. The highest BCUT2D eigenvalue weighted by atomic mass is 35.5. The van der Waals surface area contributed by atoms with Gasteiger partial charge in [0.1, 0.15) is 11.8 Å². The van der Waals surface area contributed by atoms with E-state index in [-0.39, 0.29) is 11.3 Å². The van der Waals surface area contributed by atoms with Gasteiger partial charge in [0.05, 0.1) is 18.1 Å². The highest BCUT2D eigenvalue weighted by Crippen LogP contribution is 2.43. The minimum Gasteiger partial charge on any atom is -0.503 e. The van der Waals surface area contributed by atoms with Crippen LogP contribution in [0.2, 0.25) is 5.02 Å². The van der Waals surface area contributed by atoms with Crippen LogP contribution in [0.25, 0.3) is 0 Å². The number of nitrogens with zero attached hydrogens (tertiary/aromatic N) is 1. The molecule has 0 bridgehead atoms. The van der Waals surface area contributed by atoms with Crippen LogP contribution in [-0.4, -0.2) is 16.8 Å². The van der Waals surface area contributed by atoms with Crippen LogP contribution in [-0.2, 0) is 4.79 Å². The molecule has 0 fully saturated rings. The minimum atomic E-state index is -0.942. The molecule has 1 amide bonds. The van der Waals surface area contributed by atoms with E-state index >= 15 is 0 Å². The summed E-state index contributed by atoms with van der Waals surface area (Å²) in [6, 6.07) is 10.4. The maximum Gasteiger partial charge on any atom is 0.294 e. The summed E-state index contributed by atoms with van der Waals surface area (Å²) in [5.74, 6) is -1.59. The Hall–Kier alpha value is -3.25. The van der Waals surface area contributed by atoms with Gasteiger partial charge in [-0.15, -0.1) is 0 Å². The first-order chi connectivity index (χ1) is 13.0. The number of ketones is 1. The average Bonchev–Trinajstić information content (AvgIpc) is 3.39. The van der Waals surface area contributed by atoms with Crippen molar-refractivity contribution in [3.8, 4) is 0 Å². The molecule has 0 radical (unpaired) electrons. The van der Waals surface area contributed by atoms with Crippen molar-refractivity contribution in [2.75, 3.05) is 4.90 Å². The number of aliphatic hydroxyl groups excluding tert-OH is 1. The summed E-state index contributed by atoms with van der Waals surface area (Å²) in [6.07, 6.45) is 2.79. The van der Waals surface area contributed by atoms with Crippen molar-refractivity contribution in [3.05, 3.63) is 88.4 Å². The molecule has 6 nitrogen and oxygen atoms in total. The summed E-state index contributed by atoms with van der Waals surface area (Å²) in [6.45, 7) is 1.81. The van der Waals surface area contributed by atoms with Crippen LogP contribution in [0.1, 0.15) is 27.9 Å². The van der Waals surface area contributed by atoms with Gasteiger partial charge >= 0.3 is 0 Å². The molecular formula is C20H14ClNO5. The highest BCUT2D eigenvalue weighted by Gasteiger charge is 2.47. The van der Waals surface area contributed by atoms with Gasteiger partial charge in [-0.1, -0.05) is 17.7 Å². The van der Waals surface area contributed by atoms with Gasteiger partial charge in [0.25, 0.3) is 5.91 Å². The number of benzene rings is 1. The number of furan rings is 2. The first kappa shape index (κ1) is 17.2. The molecule has 7 heteroatoms. The van der Waals surface area contributed by atoms with E-state index in [9.17, 15) is 14.7 Å². The van der Waals surface area contributed by atoms with E-state index in [0.29, 0.717) is 16.5 Å². The number of rotatable bonds is 4. The van der Waals surface area contributed by atoms with Crippen LogP contribution >= 0.6 is 11.6 Å². The van der Waals surface area contributed by atoms with E-state index in [4.69, 9.17) is 20.4 Å². The average molecular weight is 384 g/mol. The number of anilines is 1. The number of halogens is 1. The van der Waals surface area contributed by atoms with Crippen LogP contribution in [0, 0.1) is 6.92 Å². The fourth-order valence-corrected chi connectivity index (χ4v) is 3.35. The van der Waals surface area contributed by atoms with E-state index in [1.165, 1.54) is 23.5 Å². The Labute approximate surface area is 159 Å². The zero-order chi connectivity index (χ0) is 19.1. The first-order valence-electron chi connectivity index (χ1n) is 8.13. The Kier molecular flexibility index (Phi) is 4.12. The van der Waals surface area contributed by atoms with E-state index < -0.39 is 23.5 Å². The quantitative estimate of drug-likeness (QED) is 0.664. The van der Waals surface area contributed by atoms with Gasteiger partial charge in [-0.25, -0.2) is 0 Å². The predicted octanol–water partition coefficient (Wildman–Crippen LogP) is 4.62. The smallest absolute Gasteiger partial charge is 0.294 e. The van der Waals surface area contributed by atoms with Crippen molar-refractivity contribution in [2.24, 2.45) is 0 Å². The third-order valence-corrected chi connectivity index (χ3v) is 4.68. The standard InChI is InChI=1S/C20H14ClNO5/c1-11-6-7-12(21)10-13(11)22-17(14-4-2-8-26-14)16(19(24)20(22)25)18(23)15-5-3-9-27-15/h2-10,17,24H,1H3. The molecule has 136 valence electrons. The molecular weight excluding hydrogens is 370 g/mol. The number of aliphatic hydroxyl groups is 1. The fraction of sp³-hybridized carbons (Fsp3) is 0.100. The molecule has 3 heterocycles. The molecule has 3 aromatic rings. The molecule has 1 atom stereocenters. The lowest BCUT2D eigenvalue weighted by Crippen LogP contribution is -2.31. The fourth-order valence-electron chi connectivity index (χ4n) is 3.18. The number of aryl methyl sites for hydroxylation is 1. The number of hydrogen-bond donors (Lipinski definition) is 1. The molecule has 4 rings (SSSR count). The van der Waals surface area contributed by atoms with Crippen molar-refractivity contribution < 1.29 is 23.5 Å². The van der Waals surface area contributed by atoms with Gasteiger partial charge in [-0.05, 0) is 48.9 Å². The number of carbonyl (C=O) groups excluding carboxylic acids is 2. The summed E-state index contributed by atoms with van der Waals surface area (Å²) in [4.78, 5) is 27.2. The van der Waals surface area contributed by atoms with E-state index in [0.717, 1.165) is 5.56 Å². The molecule has 0 spiro atoms. The molecule has 1 unspecified atom stereocenters. The van der Waals surface area contributed by atoms with Gasteiger partial charge in [-0.3, -0.25) is 14.5 Å². The summed E-state index contributed by atoms with van der Waals surface area (Å²) in [5, 5.41) is 11.0. The van der Waals surface area contributed by atoms with Gasteiger partial charge in [0, 0.05) is 10.7 Å². The molecule has 27 heavy (non-hydrogen) atoms. The topological polar surface area (TPSA) is 83.9 Å². The SMILES string of the molecule is Cc1ccc(Cl)cc1N1C(=O)C(O)=C(C(=O)c2ccco2)C1c1ccco1. The van der Waals surface area contributed by atoms with E-state index in [1.54, 1.807) is 36.4 Å². The second kappa shape index (κ2) is 6.48. The van der Waals surface area contributed by atoms with Gasteiger partial charge in [0.15, 0.2) is 11.5 Å². The van der Waals surface area contributed by atoms with Crippen LogP contribution in [0.3, 0.4) is 0 Å². The molecule has 2 aromatic heterocycles. The Bertz CT molecular complexity index is 1050. The summed E-state index contributed by atoms with van der Waals surface area (Å²) in [7, 11) is 0. The first-order valence-corrected chi connectivity index (χ1v) is 8.51. The lowest BCUT2D eigenvalue weighted by atomic mass is 9.99. The van der Waals surface area contributed by atoms with Gasteiger partial charge in [0.2, 0.25) is 5.78 Å². The van der Waals surface area contributed by atoms with Crippen molar-refractivity contribution in [1.82, 2.24) is 0 Å². The summed E-state index contributed by atoms with van der Waals surface area (Å²) >= 11 is 6.11. The maximum atomic E-state index is 12.9. The second-order valence-electron chi connectivity index (χ2n) is 6.09. The van der Waals surface area contributed by atoms with Crippen LogP contribution in [0.5, 0.6) is 0 Å². The van der Waals surface area contributed by atoms with Crippen molar-refractivity contribution >= 4 is 29.0 Å². The molecule has 1 aliphatic rings. The predicted molar refractivity (Wildman–Crippen MR) is 97.8 cm³/mol. The molecule has 1 aliphatic heterocycles. The molecule has 0 saturated carbocycles. The van der Waals surface area contributed by atoms with Crippen LogP contribution in [0.15, 0.2) is 75.2 Å². The van der Waals surface area contributed by atoms with Crippen molar-refractivity contribution in [1.29, 1.82) is 0 Å². The van der Waals surface area contributed by atoms with Gasteiger partial charge in [-0.2, -0.15) is 0 Å². The minimum absolute atomic E-state index is 0.0190. The Balaban J connectivity index is 1.90. The van der Waals surface area contributed by atoms with E-state index in [1.807, 2.05) is 6.92 Å². The van der Waals surface area contributed by atoms with Crippen LogP contribution < -0.4 is 4.90 Å². The lowest BCUT2D eigenvalue weighted by molar-refractivity contribution is -0.117. The van der Waals surface area contributed by atoms with Crippen molar-refractivity contribution in [2.45, 2.75) is 13.0 Å². The Morgan fingerprint density at radius 2 is 1.89 bits per heavy atom. The molecule has 1 aromatic carbocycles. The van der Waals surface area contributed by atoms with Gasteiger partial charge < -0.3 is 13.9 Å². The Morgan fingerprint density at radius 3 is 2.56 bits per heavy atom. The summed E-state index contributed by atoms with van der Waals surface area (Å²) in [5.41, 5.74) is 1.12. The molecule has 0 saturated heterocycles. The zero-order valence-corrected chi connectivity index (χ0v) is 14.9. The third-order valence-electron chi connectivity index (χ3n) is 4.44. The number of carbonyl (C=O) groups is 2. The maximum absolute atomic E-state index is 12.9. The number of amides is 1. The summed E-state index contributed by atoms with van der Waals surface area (Å²) < 4.78 is 10.6. The third kappa shape index (κ3) is 2.74. The largest absolute Gasteiger partial charge is 0.503 e. The van der Waals surface area contributed by atoms with E-state index in [2.05, 4.69) is 0 Å². The van der Waals surface area contributed by atoms with Crippen molar-refractivity contribution in [3.63, 3.8) is 0 Å². The number of hydrogen-bond acceptors (Lipinski definition) is 5. The lowest BCUT2D eigenvalue weighted by Gasteiger charge is -2.26. The zero-order valence-electron chi connectivity index (χ0n) is 14.2. The molecule has 1 N–H and O–H groups in total. The highest BCUT2D eigenvalue weighted by molar-refractivity contribution is 6.31. The van der Waals surface area contributed by atoms with Crippen LogP contribution in [0.4, 0.5) is 5.69 Å². The number of Topliss-reactive ketones (excluding diaryl/α,β-unsaturated/α-hetero) is 1. The molecule has 0 aliphatic carbocycles. The monoisotopic (exact) mass is 383 g/mol. The second-order valence-corrected chi connectivity index (χ2v) is 6.53.